The Kier molecular flexibility index (Phi) is 5.84. The average molecular weight is 269 g/mol. The molecule has 112 valence electrons. The largest absolute Gasteiger partial charge is 0.481 e. The van der Waals surface area contributed by atoms with Crippen LogP contribution in [0.5, 0.6) is 0 Å². The molecule has 1 aliphatic rings. The molecule has 0 atom stereocenters. The van der Waals surface area contributed by atoms with Gasteiger partial charge in [-0.25, -0.2) is 0 Å². The summed E-state index contributed by atoms with van der Waals surface area (Å²) in [6, 6.07) is 0. The van der Waals surface area contributed by atoms with Crippen molar-refractivity contribution >= 4 is 5.97 Å². The molecule has 19 heavy (non-hydrogen) atoms. The van der Waals surface area contributed by atoms with Gasteiger partial charge in [0.05, 0.1) is 5.41 Å². The molecule has 2 N–H and O–H groups in total. The molecule has 3 nitrogen and oxygen atoms in total. The molecule has 0 spiro atoms. The lowest BCUT2D eigenvalue weighted by molar-refractivity contribution is -0.147. The molecule has 0 aromatic heterocycles. The van der Waals surface area contributed by atoms with Gasteiger partial charge in [0.15, 0.2) is 0 Å². The number of carboxylic acid groups (broad SMARTS) is 1. The monoisotopic (exact) mass is 269 g/mol. The van der Waals surface area contributed by atoms with Crippen LogP contribution in [0.15, 0.2) is 0 Å². The van der Waals surface area contributed by atoms with E-state index in [1.165, 1.54) is 32.1 Å². The highest BCUT2D eigenvalue weighted by atomic mass is 16.4. The Balaban J connectivity index is 2.29. The van der Waals surface area contributed by atoms with Gasteiger partial charge in [-0.1, -0.05) is 33.1 Å². The predicted octanol–water partition coefficient (Wildman–Crippen LogP) is 3.68. The van der Waals surface area contributed by atoms with Crippen LogP contribution in [0.3, 0.4) is 0 Å². The van der Waals surface area contributed by atoms with Gasteiger partial charge in [-0.05, 0) is 51.0 Å². The fourth-order valence-corrected chi connectivity index (χ4v) is 2.95. The number of nitrogens with one attached hydrogen (secondary N) is 1. The Hall–Kier alpha value is -0.570. The summed E-state index contributed by atoms with van der Waals surface area (Å²) in [7, 11) is 0. The van der Waals surface area contributed by atoms with Crippen molar-refractivity contribution in [2.24, 2.45) is 16.7 Å². The van der Waals surface area contributed by atoms with Crippen molar-refractivity contribution < 1.29 is 9.90 Å². The van der Waals surface area contributed by atoms with E-state index >= 15 is 0 Å². The average Bonchev–Trinajstić information content (AvgIpc) is 2.36. The van der Waals surface area contributed by atoms with Crippen LogP contribution in [-0.2, 0) is 4.79 Å². The van der Waals surface area contributed by atoms with Gasteiger partial charge >= 0.3 is 5.97 Å². The van der Waals surface area contributed by atoms with Crippen molar-refractivity contribution in [2.75, 3.05) is 13.1 Å². The van der Waals surface area contributed by atoms with Gasteiger partial charge < -0.3 is 10.4 Å². The van der Waals surface area contributed by atoms with Gasteiger partial charge in [-0.15, -0.1) is 0 Å². The fourth-order valence-electron chi connectivity index (χ4n) is 2.95. The lowest BCUT2D eigenvalue weighted by Gasteiger charge is -2.37. The SMILES string of the molecule is CC(C)(CCNCC(C)(C)C1CCCCC1)C(=O)O. The molecule has 1 rings (SSSR count). The van der Waals surface area contributed by atoms with Gasteiger partial charge in [0.2, 0.25) is 0 Å². The first-order valence-electron chi connectivity index (χ1n) is 7.70. The molecular weight excluding hydrogens is 238 g/mol. The molecule has 0 bridgehead atoms. The predicted molar refractivity (Wildman–Crippen MR) is 79.3 cm³/mol. The van der Waals surface area contributed by atoms with Crippen molar-refractivity contribution in [3.8, 4) is 0 Å². The lowest BCUT2D eigenvalue weighted by Crippen LogP contribution is -2.38. The number of aliphatic carboxylic acids is 1. The van der Waals surface area contributed by atoms with E-state index in [0.717, 1.165) is 19.0 Å². The van der Waals surface area contributed by atoms with Crippen molar-refractivity contribution in [1.82, 2.24) is 5.32 Å². The number of carboxylic acids is 1. The van der Waals surface area contributed by atoms with Crippen LogP contribution in [0, 0.1) is 16.7 Å². The number of rotatable bonds is 7. The van der Waals surface area contributed by atoms with Crippen LogP contribution < -0.4 is 5.32 Å². The smallest absolute Gasteiger partial charge is 0.309 e. The summed E-state index contributed by atoms with van der Waals surface area (Å²) in [6.07, 6.45) is 7.54. The minimum Gasteiger partial charge on any atom is -0.481 e. The maximum absolute atomic E-state index is 11.0. The highest BCUT2D eigenvalue weighted by Crippen LogP contribution is 2.37. The normalized spacial score (nSPS) is 18.5. The zero-order valence-electron chi connectivity index (χ0n) is 13.1. The molecule has 1 saturated carbocycles. The molecule has 0 aromatic carbocycles. The first kappa shape index (κ1) is 16.5. The molecule has 0 amide bonds. The molecule has 0 unspecified atom stereocenters. The summed E-state index contributed by atoms with van der Waals surface area (Å²) >= 11 is 0. The molecule has 0 aromatic rings. The van der Waals surface area contributed by atoms with Gasteiger partial charge in [-0.3, -0.25) is 4.79 Å². The lowest BCUT2D eigenvalue weighted by atomic mass is 9.71. The van der Waals surface area contributed by atoms with Crippen molar-refractivity contribution in [2.45, 2.75) is 66.2 Å². The van der Waals surface area contributed by atoms with Crippen LogP contribution in [0.2, 0.25) is 0 Å². The molecular formula is C16H31NO2. The van der Waals surface area contributed by atoms with E-state index in [4.69, 9.17) is 5.11 Å². The second-order valence-corrected chi connectivity index (χ2v) is 7.44. The minimum atomic E-state index is -0.708. The van der Waals surface area contributed by atoms with Crippen molar-refractivity contribution in [3.05, 3.63) is 0 Å². The Morgan fingerprint density at radius 2 is 1.74 bits per heavy atom. The zero-order chi connectivity index (χ0) is 14.5. The fraction of sp³-hybridized carbons (Fsp3) is 0.938. The number of carbonyl (C=O) groups is 1. The highest BCUT2D eigenvalue weighted by molar-refractivity contribution is 5.73. The molecule has 0 aliphatic heterocycles. The van der Waals surface area contributed by atoms with Gasteiger partial charge in [0.25, 0.3) is 0 Å². The highest BCUT2D eigenvalue weighted by Gasteiger charge is 2.31. The standard InChI is InChI=1S/C16H31NO2/c1-15(2,14(18)19)10-11-17-12-16(3,4)13-8-6-5-7-9-13/h13,17H,5-12H2,1-4H3,(H,18,19). The van der Waals surface area contributed by atoms with Crippen LogP contribution in [0.1, 0.15) is 66.2 Å². The third kappa shape index (κ3) is 5.13. The van der Waals surface area contributed by atoms with Crippen LogP contribution in [0.4, 0.5) is 0 Å². The maximum Gasteiger partial charge on any atom is 0.309 e. The van der Waals surface area contributed by atoms with Gasteiger partial charge in [-0.2, -0.15) is 0 Å². The van der Waals surface area contributed by atoms with Crippen LogP contribution >= 0.6 is 0 Å². The minimum absolute atomic E-state index is 0.327. The summed E-state index contributed by atoms with van der Waals surface area (Å²) in [6.45, 7) is 10.1. The summed E-state index contributed by atoms with van der Waals surface area (Å²) in [5.74, 6) is 0.113. The number of hydrogen-bond acceptors (Lipinski definition) is 2. The summed E-state index contributed by atoms with van der Waals surface area (Å²) in [5, 5.41) is 12.5. The van der Waals surface area contributed by atoms with E-state index < -0.39 is 11.4 Å². The van der Waals surface area contributed by atoms with Gasteiger partial charge in [0.1, 0.15) is 0 Å². The molecule has 3 heteroatoms. The first-order chi connectivity index (χ1) is 8.76. The third-order valence-corrected chi connectivity index (χ3v) is 4.80. The zero-order valence-corrected chi connectivity index (χ0v) is 13.1. The number of hydrogen-bond donors (Lipinski definition) is 2. The van der Waals surface area contributed by atoms with E-state index in [1.807, 2.05) is 0 Å². The van der Waals surface area contributed by atoms with Crippen molar-refractivity contribution in [3.63, 3.8) is 0 Å². The van der Waals surface area contributed by atoms with Crippen LogP contribution in [-0.4, -0.2) is 24.2 Å². The van der Waals surface area contributed by atoms with E-state index in [-0.39, 0.29) is 0 Å². The van der Waals surface area contributed by atoms with Crippen molar-refractivity contribution in [1.29, 1.82) is 0 Å². The third-order valence-electron chi connectivity index (χ3n) is 4.80. The van der Waals surface area contributed by atoms with E-state index in [2.05, 4.69) is 19.2 Å². The quantitative estimate of drug-likeness (QED) is 0.693. The summed E-state index contributed by atoms with van der Waals surface area (Å²) < 4.78 is 0. The molecule has 0 radical (unpaired) electrons. The van der Waals surface area contributed by atoms with Gasteiger partial charge in [0, 0.05) is 6.54 Å². The molecule has 1 aliphatic carbocycles. The Labute approximate surface area is 118 Å². The summed E-state index contributed by atoms with van der Waals surface area (Å²) in [4.78, 5) is 11.0. The van der Waals surface area contributed by atoms with E-state index in [1.54, 1.807) is 13.8 Å². The molecule has 0 heterocycles. The van der Waals surface area contributed by atoms with Crippen LogP contribution in [0.25, 0.3) is 0 Å². The molecule has 1 fully saturated rings. The summed E-state index contributed by atoms with van der Waals surface area (Å²) in [5.41, 5.74) is -0.296. The first-order valence-corrected chi connectivity index (χ1v) is 7.70. The maximum atomic E-state index is 11.0. The Morgan fingerprint density at radius 3 is 2.26 bits per heavy atom. The Morgan fingerprint density at radius 1 is 1.16 bits per heavy atom. The topological polar surface area (TPSA) is 49.3 Å². The Bertz CT molecular complexity index is 291. The second-order valence-electron chi connectivity index (χ2n) is 7.44. The van der Waals surface area contributed by atoms with E-state index in [9.17, 15) is 4.79 Å². The van der Waals surface area contributed by atoms with E-state index in [0.29, 0.717) is 11.8 Å². The molecule has 0 saturated heterocycles. The second kappa shape index (κ2) is 6.74.